The Labute approximate surface area is 174 Å². The Kier molecular flexibility index (Phi) is 4.87. The SMILES string of the molecule is C[C@@H]1CCN(C(=O)CCCc2cccs2)C[C@@H]1n1ccc2cnc3[nH]ccc3c21. The van der Waals surface area contributed by atoms with Gasteiger partial charge < -0.3 is 14.5 Å². The van der Waals surface area contributed by atoms with E-state index in [1.807, 2.05) is 12.4 Å². The van der Waals surface area contributed by atoms with E-state index in [0.29, 0.717) is 24.3 Å². The number of carbonyl (C=O) groups excluding carboxylic acids is 1. The number of piperidine rings is 1. The van der Waals surface area contributed by atoms with Crippen LogP contribution < -0.4 is 0 Å². The van der Waals surface area contributed by atoms with Gasteiger partial charge in [0.15, 0.2) is 0 Å². The molecule has 1 saturated heterocycles. The van der Waals surface area contributed by atoms with Crippen molar-refractivity contribution in [2.75, 3.05) is 13.1 Å². The van der Waals surface area contributed by atoms with Crippen molar-refractivity contribution in [3.05, 3.63) is 53.1 Å². The van der Waals surface area contributed by atoms with E-state index in [-0.39, 0.29) is 0 Å². The fourth-order valence-electron chi connectivity index (χ4n) is 4.60. The summed E-state index contributed by atoms with van der Waals surface area (Å²) < 4.78 is 2.38. The quantitative estimate of drug-likeness (QED) is 0.506. The van der Waals surface area contributed by atoms with Gasteiger partial charge in [0.05, 0.1) is 11.6 Å². The third kappa shape index (κ3) is 3.46. The lowest BCUT2D eigenvalue weighted by Crippen LogP contribution is -2.43. The van der Waals surface area contributed by atoms with Crippen LogP contribution >= 0.6 is 11.3 Å². The molecule has 0 radical (unpaired) electrons. The first-order valence-electron chi connectivity index (χ1n) is 10.4. The number of carbonyl (C=O) groups is 1. The maximum absolute atomic E-state index is 12.9. The van der Waals surface area contributed by atoms with E-state index in [9.17, 15) is 4.79 Å². The topological polar surface area (TPSA) is 53.9 Å². The van der Waals surface area contributed by atoms with Crippen LogP contribution in [0.15, 0.2) is 48.2 Å². The number of nitrogens with zero attached hydrogens (tertiary/aromatic N) is 3. The van der Waals surface area contributed by atoms with Gasteiger partial charge >= 0.3 is 0 Å². The number of hydrogen-bond donors (Lipinski definition) is 1. The molecule has 5 nitrogen and oxygen atoms in total. The third-order valence-electron chi connectivity index (χ3n) is 6.28. The number of aromatic nitrogens is 3. The van der Waals surface area contributed by atoms with E-state index >= 15 is 0 Å². The lowest BCUT2D eigenvalue weighted by atomic mass is 9.92. The zero-order chi connectivity index (χ0) is 19.8. The summed E-state index contributed by atoms with van der Waals surface area (Å²) in [5, 5.41) is 4.41. The van der Waals surface area contributed by atoms with Crippen LogP contribution in [0.1, 0.15) is 37.1 Å². The van der Waals surface area contributed by atoms with Crippen LogP contribution in [0.4, 0.5) is 0 Å². The fraction of sp³-hybridized carbons (Fsp3) is 0.391. The molecule has 1 N–H and O–H groups in total. The average molecular weight is 407 g/mol. The second kappa shape index (κ2) is 7.67. The zero-order valence-electron chi connectivity index (χ0n) is 16.7. The molecule has 0 saturated carbocycles. The van der Waals surface area contributed by atoms with E-state index in [1.54, 1.807) is 11.3 Å². The van der Waals surface area contributed by atoms with Crippen LogP contribution in [-0.2, 0) is 11.2 Å². The normalized spacial score (nSPS) is 20.0. The molecule has 4 aromatic heterocycles. The number of aromatic amines is 1. The summed E-state index contributed by atoms with van der Waals surface area (Å²) in [5.41, 5.74) is 2.14. The highest BCUT2D eigenvalue weighted by Gasteiger charge is 2.30. The summed E-state index contributed by atoms with van der Waals surface area (Å²) in [7, 11) is 0. The molecular formula is C23H26N4OS. The molecule has 150 valence electrons. The molecule has 0 aromatic carbocycles. The number of rotatable bonds is 5. The molecule has 0 bridgehead atoms. The minimum Gasteiger partial charge on any atom is -0.346 e. The first-order valence-corrected chi connectivity index (χ1v) is 11.3. The molecule has 1 aliphatic heterocycles. The first-order chi connectivity index (χ1) is 14.2. The lowest BCUT2D eigenvalue weighted by Gasteiger charge is -2.38. The maximum atomic E-state index is 12.9. The second-order valence-electron chi connectivity index (χ2n) is 8.13. The van der Waals surface area contributed by atoms with Gasteiger partial charge in [-0.05, 0) is 48.8 Å². The van der Waals surface area contributed by atoms with Crippen molar-refractivity contribution in [2.45, 2.75) is 38.6 Å². The van der Waals surface area contributed by atoms with Crippen LogP contribution in [0.2, 0.25) is 0 Å². The van der Waals surface area contributed by atoms with Crippen molar-refractivity contribution in [3.8, 4) is 0 Å². The molecule has 5 rings (SSSR count). The zero-order valence-corrected chi connectivity index (χ0v) is 17.5. The van der Waals surface area contributed by atoms with Gasteiger partial charge in [-0.25, -0.2) is 4.98 Å². The summed E-state index contributed by atoms with van der Waals surface area (Å²) >= 11 is 1.78. The summed E-state index contributed by atoms with van der Waals surface area (Å²) in [6.45, 7) is 3.97. The van der Waals surface area contributed by atoms with Crippen molar-refractivity contribution in [1.29, 1.82) is 0 Å². The number of amides is 1. The van der Waals surface area contributed by atoms with E-state index in [4.69, 9.17) is 0 Å². The minimum atomic E-state index is 0.294. The number of H-pyrrole nitrogens is 1. The van der Waals surface area contributed by atoms with Crippen molar-refractivity contribution in [1.82, 2.24) is 19.4 Å². The standard InChI is InChI=1S/C23H26N4OS/c1-16-8-11-26(21(28)6-2-4-18-5-3-13-29-18)15-20(16)27-12-9-17-14-25-23-19(22(17)27)7-10-24-23/h3,5,7,9-10,12-14,16,20H,2,4,6,8,11,15H2,1H3,(H,24,25)/t16-,20+/m1/s1. The second-order valence-corrected chi connectivity index (χ2v) is 9.16. The van der Waals surface area contributed by atoms with Gasteiger partial charge in [-0.2, -0.15) is 0 Å². The molecule has 0 spiro atoms. The smallest absolute Gasteiger partial charge is 0.222 e. The molecule has 0 unspecified atom stereocenters. The number of aryl methyl sites for hydroxylation is 1. The van der Waals surface area contributed by atoms with Crippen molar-refractivity contribution in [2.24, 2.45) is 5.92 Å². The summed E-state index contributed by atoms with van der Waals surface area (Å²) in [5.74, 6) is 0.825. The van der Waals surface area contributed by atoms with E-state index in [1.165, 1.54) is 10.4 Å². The lowest BCUT2D eigenvalue weighted by molar-refractivity contribution is -0.133. The van der Waals surface area contributed by atoms with Crippen molar-refractivity contribution < 1.29 is 4.79 Å². The molecule has 1 amide bonds. The number of fused-ring (bicyclic) bond motifs is 3. The number of pyridine rings is 1. The molecule has 4 aromatic rings. The Morgan fingerprint density at radius 3 is 3.14 bits per heavy atom. The van der Waals surface area contributed by atoms with Gasteiger partial charge in [0, 0.05) is 53.8 Å². The monoisotopic (exact) mass is 406 g/mol. The highest BCUT2D eigenvalue weighted by atomic mass is 32.1. The van der Waals surface area contributed by atoms with Crippen molar-refractivity contribution in [3.63, 3.8) is 0 Å². The number of nitrogens with one attached hydrogen (secondary N) is 1. The maximum Gasteiger partial charge on any atom is 0.222 e. The first kappa shape index (κ1) is 18.4. The van der Waals surface area contributed by atoms with Gasteiger partial charge in [0.2, 0.25) is 5.91 Å². The fourth-order valence-corrected chi connectivity index (χ4v) is 5.35. The third-order valence-corrected chi connectivity index (χ3v) is 7.22. The molecular weight excluding hydrogens is 380 g/mol. The van der Waals surface area contributed by atoms with Crippen molar-refractivity contribution >= 4 is 39.2 Å². The van der Waals surface area contributed by atoms with Gasteiger partial charge in [0.1, 0.15) is 5.65 Å². The van der Waals surface area contributed by atoms with E-state index in [0.717, 1.165) is 48.8 Å². The Bertz CT molecular complexity index is 1130. The van der Waals surface area contributed by atoms with E-state index < -0.39 is 0 Å². The Balaban J connectivity index is 1.34. The summed E-state index contributed by atoms with van der Waals surface area (Å²) in [4.78, 5) is 24.1. The van der Waals surface area contributed by atoms with E-state index in [2.05, 4.69) is 62.2 Å². The molecule has 5 heterocycles. The highest BCUT2D eigenvalue weighted by Crippen LogP contribution is 2.34. The Morgan fingerprint density at radius 1 is 1.34 bits per heavy atom. The molecule has 0 aliphatic carbocycles. The molecule has 6 heteroatoms. The number of likely N-dealkylation sites (tertiary alicyclic amines) is 1. The highest BCUT2D eigenvalue weighted by molar-refractivity contribution is 7.09. The minimum absolute atomic E-state index is 0.294. The molecule has 2 atom stereocenters. The number of hydrogen-bond acceptors (Lipinski definition) is 3. The van der Waals surface area contributed by atoms with Gasteiger partial charge in [-0.3, -0.25) is 4.79 Å². The van der Waals surface area contributed by atoms with Crippen LogP contribution in [0, 0.1) is 5.92 Å². The average Bonchev–Trinajstić information content (AvgIpc) is 3.47. The van der Waals surface area contributed by atoms with Crippen LogP contribution in [0.25, 0.3) is 21.9 Å². The predicted molar refractivity (Wildman–Crippen MR) is 118 cm³/mol. The largest absolute Gasteiger partial charge is 0.346 e. The Morgan fingerprint density at radius 2 is 2.28 bits per heavy atom. The summed E-state index contributed by atoms with van der Waals surface area (Å²) in [6.07, 6.45) is 9.66. The van der Waals surface area contributed by atoms with Crippen LogP contribution in [0.3, 0.4) is 0 Å². The van der Waals surface area contributed by atoms with Crippen LogP contribution in [-0.4, -0.2) is 38.4 Å². The molecule has 1 aliphatic rings. The Hall–Kier alpha value is -2.60. The van der Waals surface area contributed by atoms with Gasteiger partial charge in [-0.15, -0.1) is 11.3 Å². The van der Waals surface area contributed by atoms with Gasteiger partial charge in [-0.1, -0.05) is 13.0 Å². The number of thiophene rings is 1. The summed E-state index contributed by atoms with van der Waals surface area (Å²) in [6, 6.07) is 8.77. The molecule has 29 heavy (non-hydrogen) atoms. The molecule has 1 fully saturated rings. The van der Waals surface area contributed by atoms with Crippen LogP contribution in [0.5, 0.6) is 0 Å². The van der Waals surface area contributed by atoms with Gasteiger partial charge in [0.25, 0.3) is 0 Å². The predicted octanol–water partition coefficient (Wildman–Crippen LogP) is 5.01.